The van der Waals surface area contributed by atoms with E-state index in [1.54, 1.807) is 12.1 Å². The van der Waals surface area contributed by atoms with Crippen LogP contribution in [0.3, 0.4) is 0 Å². The number of para-hydroxylation sites is 2. The fourth-order valence-corrected chi connectivity index (χ4v) is 2.64. The molecule has 0 radical (unpaired) electrons. The third-order valence-corrected chi connectivity index (χ3v) is 3.88. The van der Waals surface area contributed by atoms with E-state index in [-0.39, 0.29) is 12.0 Å². The number of benzene rings is 2. The molecule has 0 aromatic heterocycles. The molecule has 0 saturated carbocycles. The third kappa shape index (κ3) is 4.47. The molecule has 1 heterocycles. The Kier molecular flexibility index (Phi) is 5.46. The first-order chi connectivity index (χ1) is 12.2. The van der Waals surface area contributed by atoms with Crippen molar-refractivity contribution in [2.45, 2.75) is 12.8 Å². The Balaban J connectivity index is 1.56. The van der Waals surface area contributed by atoms with Gasteiger partial charge in [-0.2, -0.15) is 0 Å². The fourth-order valence-electron chi connectivity index (χ4n) is 2.64. The maximum atomic E-state index is 12.2. The van der Waals surface area contributed by atoms with E-state index in [0.717, 1.165) is 5.56 Å². The Morgan fingerprint density at radius 2 is 1.88 bits per heavy atom. The largest absolute Gasteiger partial charge is 0.447 e. The van der Waals surface area contributed by atoms with Gasteiger partial charge in [-0.1, -0.05) is 54.6 Å². The number of nitrogens with zero attached hydrogens (tertiary/aromatic N) is 1. The Morgan fingerprint density at radius 1 is 1.12 bits per heavy atom. The number of allylic oxidation sites excluding steroid dienone is 1. The highest BCUT2D eigenvalue weighted by atomic mass is 16.6. The molecule has 5 heteroatoms. The van der Waals surface area contributed by atoms with Crippen LogP contribution in [-0.4, -0.2) is 25.2 Å². The van der Waals surface area contributed by atoms with Crippen LogP contribution in [0.25, 0.3) is 6.08 Å². The summed E-state index contributed by atoms with van der Waals surface area (Å²) in [6, 6.07) is 17.2. The van der Waals surface area contributed by atoms with Crippen LogP contribution in [0.2, 0.25) is 0 Å². The Labute approximate surface area is 146 Å². The number of ether oxygens (including phenoxy) is 1. The van der Waals surface area contributed by atoms with Gasteiger partial charge in [-0.15, -0.1) is 0 Å². The zero-order chi connectivity index (χ0) is 17.5. The summed E-state index contributed by atoms with van der Waals surface area (Å²) in [7, 11) is 0. The molecule has 1 fully saturated rings. The van der Waals surface area contributed by atoms with E-state index in [1.807, 2.05) is 54.6 Å². The number of hydrogen-bond acceptors (Lipinski definition) is 3. The second-order valence-corrected chi connectivity index (χ2v) is 5.68. The van der Waals surface area contributed by atoms with Crippen molar-refractivity contribution in [1.82, 2.24) is 0 Å². The van der Waals surface area contributed by atoms with Crippen molar-refractivity contribution < 1.29 is 14.3 Å². The molecule has 2 aromatic carbocycles. The number of rotatable bonds is 6. The van der Waals surface area contributed by atoms with Gasteiger partial charge < -0.3 is 10.1 Å². The second kappa shape index (κ2) is 8.15. The van der Waals surface area contributed by atoms with Gasteiger partial charge in [0.1, 0.15) is 6.61 Å². The molecule has 2 amide bonds. The van der Waals surface area contributed by atoms with E-state index >= 15 is 0 Å². The number of nitrogens with one attached hydrogen (secondary N) is 1. The van der Waals surface area contributed by atoms with Crippen LogP contribution in [0.15, 0.2) is 60.7 Å². The average Bonchev–Trinajstić information content (AvgIpc) is 3.06. The van der Waals surface area contributed by atoms with Gasteiger partial charge in [-0.05, 0) is 24.1 Å². The molecule has 0 bridgehead atoms. The van der Waals surface area contributed by atoms with Crippen molar-refractivity contribution in [1.29, 1.82) is 0 Å². The number of amides is 2. The molecular weight excluding hydrogens is 316 g/mol. The average molecular weight is 336 g/mol. The highest BCUT2D eigenvalue weighted by molar-refractivity contribution is 5.99. The Bertz CT molecular complexity index is 772. The van der Waals surface area contributed by atoms with Crippen LogP contribution in [0.4, 0.5) is 16.2 Å². The quantitative estimate of drug-likeness (QED) is 0.865. The molecule has 2 aromatic rings. The summed E-state index contributed by atoms with van der Waals surface area (Å²) in [5.74, 6) is -0.0854. The molecule has 0 unspecified atom stereocenters. The second-order valence-electron chi connectivity index (χ2n) is 5.68. The summed E-state index contributed by atoms with van der Waals surface area (Å²) in [5.41, 5.74) is 2.40. The van der Waals surface area contributed by atoms with E-state index in [1.165, 1.54) is 4.90 Å². The summed E-state index contributed by atoms with van der Waals surface area (Å²) in [5, 5.41) is 2.88. The van der Waals surface area contributed by atoms with E-state index < -0.39 is 0 Å². The van der Waals surface area contributed by atoms with Gasteiger partial charge in [-0.25, -0.2) is 4.79 Å². The van der Waals surface area contributed by atoms with Crippen molar-refractivity contribution in [3.8, 4) is 0 Å². The van der Waals surface area contributed by atoms with Crippen LogP contribution in [-0.2, 0) is 9.53 Å². The van der Waals surface area contributed by atoms with Crippen molar-refractivity contribution >= 4 is 29.5 Å². The lowest BCUT2D eigenvalue weighted by Gasteiger charge is -2.17. The van der Waals surface area contributed by atoms with Gasteiger partial charge in [0, 0.05) is 6.42 Å². The van der Waals surface area contributed by atoms with Crippen LogP contribution >= 0.6 is 0 Å². The molecule has 0 atom stereocenters. The molecule has 5 nitrogen and oxygen atoms in total. The lowest BCUT2D eigenvalue weighted by molar-refractivity contribution is -0.116. The fraction of sp³-hybridized carbons (Fsp3) is 0.200. The SMILES string of the molecule is O=C(CC/C=C/c1ccccc1)Nc1ccccc1N1CCOC1=O. The van der Waals surface area contributed by atoms with E-state index in [2.05, 4.69) is 5.32 Å². The normalized spacial score (nSPS) is 13.9. The topological polar surface area (TPSA) is 58.6 Å². The molecular formula is C20H20N2O3. The number of anilines is 2. The molecule has 0 aliphatic carbocycles. The molecule has 1 N–H and O–H groups in total. The summed E-state index contributed by atoms with van der Waals surface area (Å²) in [4.78, 5) is 25.5. The molecule has 128 valence electrons. The lowest BCUT2D eigenvalue weighted by atomic mass is 10.2. The van der Waals surface area contributed by atoms with Crippen LogP contribution in [0.1, 0.15) is 18.4 Å². The van der Waals surface area contributed by atoms with E-state index in [0.29, 0.717) is 37.4 Å². The third-order valence-electron chi connectivity index (χ3n) is 3.88. The summed E-state index contributed by atoms with van der Waals surface area (Å²) >= 11 is 0. The Hall–Kier alpha value is -3.08. The van der Waals surface area contributed by atoms with E-state index in [9.17, 15) is 9.59 Å². The molecule has 25 heavy (non-hydrogen) atoms. The summed E-state index contributed by atoms with van der Waals surface area (Å²) in [6.07, 6.45) is 4.63. The molecule has 1 aliphatic rings. The monoisotopic (exact) mass is 336 g/mol. The van der Waals surface area contributed by atoms with Crippen molar-refractivity contribution in [2.75, 3.05) is 23.4 Å². The van der Waals surface area contributed by atoms with Crippen molar-refractivity contribution in [3.05, 3.63) is 66.2 Å². The maximum Gasteiger partial charge on any atom is 0.414 e. The standard InChI is InChI=1S/C20H20N2O3/c23-19(13-7-4-10-16-8-2-1-3-9-16)21-17-11-5-6-12-18(17)22-14-15-25-20(22)24/h1-6,8-12H,7,13-15H2,(H,21,23)/b10-4+. The smallest absolute Gasteiger partial charge is 0.414 e. The van der Waals surface area contributed by atoms with E-state index in [4.69, 9.17) is 4.74 Å². The van der Waals surface area contributed by atoms with Crippen LogP contribution in [0, 0.1) is 0 Å². The van der Waals surface area contributed by atoms with Gasteiger partial charge in [-0.3, -0.25) is 9.69 Å². The van der Waals surface area contributed by atoms with Gasteiger partial charge in [0.15, 0.2) is 0 Å². The molecule has 1 saturated heterocycles. The zero-order valence-electron chi connectivity index (χ0n) is 13.9. The molecule has 3 rings (SSSR count). The van der Waals surface area contributed by atoms with Gasteiger partial charge >= 0.3 is 6.09 Å². The van der Waals surface area contributed by atoms with Crippen molar-refractivity contribution in [2.24, 2.45) is 0 Å². The highest BCUT2D eigenvalue weighted by Crippen LogP contribution is 2.28. The molecule has 1 aliphatic heterocycles. The minimum absolute atomic E-state index is 0.0854. The first-order valence-electron chi connectivity index (χ1n) is 8.29. The van der Waals surface area contributed by atoms with Gasteiger partial charge in [0.25, 0.3) is 0 Å². The highest BCUT2D eigenvalue weighted by Gasteiger charge is 2.25. The first-order valence-corrected chi connectivity index (χ1v) is 8.29. The van der Waals surface area contributed by atoms with Gasteiger partial charge in [0.2, 0.25) is 5.91 Å². The predicted molar refractivity (Wildman–Crippen MR) is 98.5 cm³/mol. The minimum Gasteiger partial charge on any atom is -0.447 e. The zero-order valence-corrected chi connectivity index (χ0v) is 13.9. The van der Waals surface area contributed by atoms with Crippen LogP contribution < -0.4 is 10.2 Å². The summed E-state index contributed by atoms with van der Waals surface area (Å²) in [6.45, 7) is 0.858. The first kappa shape index (κ1) is 16.8. The van der Waals surface area contributed by atoms with Crippen LogP contribution in [0.5, 0.6) is 0 Å². The number of carbonyl (C=O) groups excluding carboxylic acids is 2. The number of carbonyl (C=O) groups is 2. The van der Waals surface area contributed by atoms with Crippen molar-refractivity contribution in [3.63, 3.8) is 0 Å². The summed E-state index contributed by atoms with van der Waals surface area (Å²) < 4.78 is 4.97. The predicted octanol–water partition coefficient (Wildman–Crippen LogP) is 4.08. The number of hydrogen-bond donors (Lipinski definition) is 1. The lowest BCUT2D eigenvalue weighted by Crippen LogP contribution is -2.25. The maximum absolute atomic E-state index is 12.2. The minimum atomic E-state index is -0.382. The number of cyclic esters (lactones) is 1. The molecule has 0 spiro atoms. The van der Waals surface area contributed by atoms with Gasteiger partial charge in [0.05, 0.1) is 17.9 Å². The Morgan fingerprint density at radius 3 is 2.64 bits per heavy atom.